The molecule has 0 aromatic carbocycles. The molecule has 1 aliphatic heterocycles. The fraction of sp³-hybridized carbons (Fsp3) is 0.462. The Morgan fingerprint density at radius 2 is 1.26 bits per heavy atom. The van der Waals surface area contributed by atoms with Crippen molar-refractivity contribution in [3.8, 4) is 0 Å². The average molecular weight is 1060 g/mol. The van der Waals surface area contributed by atoms with Crippen molar-refractivity contribution in [3.63, 3.8) is 0 Å². The summed E-state index contributed by atoms with van der Waals surface area (Å²) in [6.45, 7) is 5.00. The number of aliphatic carboxylic acids is 3. The standard InChI is InChI=1S/C6H12N2O2.C6H11NO3.C6H9NO2.C4H6N2O3.C4H5NO3.I3.H3N/c1-4(3-5(7)9)6(10)8-2;1-4(3-5(8)9)6(10)7-2;1-4-3-5(8)7(2)6(4)9;5-2(4(6)9)1-3(7)8;5-3(6)1-2-4(7)8;1-3-2;/h4H,3H2,1-2H3,(H2,7,9)(H,8,10);4H,3H2,1-2H3,(H,7,10)(H,8,9);4H,3H2,1-2H3;1H,5H2,(H2,6,9)(H,7,8);1-2H,(H2,5,6)(H,7,8);;1H3/q;;;;;-1;. The summed E-state index contributed by atoms with van der Waals surface area (Å²) in [7, 11) is 4.54. The van der Waals surface area contributed by atoms with Gasteiger partial charge in [0.2, 0.25) is 35.4 Å². The fourth-order valence-corrected chi connectivity index (χ4v) is 2.54. The number of nitrogens with zero attached hydrogens (tertiary/aromatic N) is 1. The third-order valence-electron chi connectivity index (χ3n) is 4.94. The molecular formula is C26H46I3N8O13-. The first-order chi connectivity index (χ1) is 22.4. The van der Waals surface area contributed by atoms with Crippen LogP contribution in [0.15, 0.2) is 23.9 Å². The quantitative estimate of drug-likeness (QED) is 0.0561. The van der Waals surface area contributed by atoms with Gasteiger partial charge in [-0.25, -0.2) is 9.59 Å². The molecule has 1 saturated heterocycles. The van der Waals surface area contributed by atoms with Gasteiger partial charge in [-0.05, 0) is 0 Å². The Kier molecular flexibility index (Phi) is 41.2. The minimum absolute atomic E-state index is 0. The van der Waals surface area contributed by atoms with Gasteiger partial charge in [-0.2, -0.15) is 0 Å². The van der Waals surface area contributed by atoms with Gasteiger partial charge < -0.3 is 55.0 Å². The van der Waals surface area contributed by atoms with Crippen LogP contribution in [0.4, 0.5) is 0 Å². The van der Waals surface area contributed by atoms with E-state index in [0.29, 0.717) is 31.8 Å². The molecule has 1 rings (SSSR count). The molecule has 1 fully saturated rings. The van der Waals surface area contributed by atoms with E-state index in [1.165, 1.54) is 26.0 Å². The van der Waals surface area contributed by atoms with Crippen molar-refractivity contribution in [1.82, 2.24) is 21.7 Å². The van der Waals surface area contributed by atoms with Crippen molar-refractivity contribution >= 4 is 96.5 Å². The first-order valence-corrected chi connectivity index (χ1v) is 25.7. The van der Waals surface area contributed by atoms with Crippen molar-refractivity contribution in [2.45, 2.75) is 40.0 Å². The summed E-state index contributed by atoms with van der Waals surface area (Å²) < 4.78 is 0. The van der Waals surface area contributed by atoms with Gasteiger partial charge >= 0.3 is 68.4 Å². The molecule has 21 nitrogen and oxygen atoms in total. The number of amides is 7. The van der Waals surface area contributed by atoms with E-state index in [4.69, 9.17) is 26.8 Å². The van der Waals surface area contributed by atoms with Crippen LogP contribution >= 0.6 is 37.2 Å². The Bertz CT molecular complexity index is 1170. The summed E-state index contributed by atoms with van der Waals surface area (Å²) in [5.74, 6) is -6.91. The first-order valence-electron chi connectivity index (χ1n) is 13.2. The maximum Gasteiger partial charge on any atom is 0.330 e. The second kappa shape index (κ2) is 35.2. The predicted molar refractivity (Wildman–Crippen MR) is 192 cm³/mol. The van der Waals surface area contributed by atoms with Crippen molar-refractivity contribution < 1.29 is 76.5 Å². The average Bonchev–Trinajstić information content (AvgIpc) is 3.20. The zero-order chi connectivity index (χ0) is 40.0. The van der Waals surface area contributed by atoms with Gasteiger partial charge in [-0.1, -0.05) is 20.8 Å². The van der Waals surface area contributed by atoms with E-state index in [2.05, 4.69) is 59.3 Å². The number of hydrogen-bond donors (Lipinski definition) is 10. The van der Waals surface area contributed by atoms with Crippen LogP contribution in [0, 0.1) is 17.8 Å². The number of nitrogens with one attached hydrogen (secondary N) is 2. The SMILES string of the molecule is CC1CC(=O)N(C)C1=O.CNC(=O)C(C)CC(=O)O.CNC(=O)C(C)CC(N)=O.I[I-]I.N.NC(=O)C(N)=CC(=O)O.NC(=O)C=CC(=O)O. The van der Waals surface area contributed by atoms with Crippen LogP contribution in [0.25, 0.3) is 0 Å². The Hall–Kier alpha value is -3.67. The number of rotatable bonds is 10. The third kappa shape index (κ3) is 40.5. The van der Waals surface area contributed by atoms with E-state index in [1.807, 2.05) is 0 Å². The minimum atomic E-state index is -1.29. The zero-order valence-corrected chi connectivity index (χ0v) is 34.6. The number of carboxylic acids is 3. The van der Waals surface area contributed by atoms with Crippen LogP contribution < -0.4 is 53.0 Å². The van der Waals surface area contributed by atoms with Crippen LogP contribution in [0.2, 0.25) is 0 Å². The zero-order valence-electron chi connectivity index (χ0n) is 28.1. The second-order valence-corrected chi connectivity index (χ2v) is 25.4. The van der Waals surface area contributed by atoms with Crippen molar-refractivity contribution in [3.05, 3.63) is 23.9 Å². The van der Waals surface area contributed by atoms with E-state index < -0.39 is 47.2 Å². The van der Waals surface area contributed by atoms with Crippen LogP contribution in [-0.4, -0.2) is 101 Å². The summed E-state index contributed by atoms with van der Waals surface area (Å²) in [6, 6.07) is 0. The number of halogens is 3. The molecule has 1 aliphatic rings. The second-order valence-electron chi connectivity index (χ2n) is 9.13. The maximum atomic E-state index is 10.8. The summed E-state index contributed by atoms with van der Waals surface area (Å²) in [5.41, 5.74) is 18.4. The van der Waals surface area contributed by atoms with Crippen LogP contribution in [0.5, 0.6) is 0 Å². The van der Waals surface area contributed by atoms with Crippen molar-refractivity contribution in [2.24, 2.45) is 40.7 Å². The molecule has 24 heteroatoms. The number of carbonyl (C=O) groups excluding carboxylic acids is 7. The first kappa shape index (κ1) is 58.5. The van der Waals surface area contributed by atoms with E-state index in [0.717, 1.165) is 6.08 Å². The van der Waals surface area contributed by atoms with E-state index in [-0.39, 0.29) is 54.5 Å². The van der Waals surface area contributed by atoms with Crippen LogP contribution in [0.3, 0.4) is 0 Å². The Labute approximate surface area is 318 Å². The number of nitrogens with two attached hydrogens (primary N) is 4. The smallest absolute Gasteiger partial charge is 0.330 e. The van der Waals surface area contributed by atoms with Gasteiger partial charge in [0.15, 0.2) is 0 Å². The van der Waals surface area contributed by atoms with Gasteiger partial charge in [-0.3, -0.25) is 43.3 Å². The molecule has 0 aromatic heterocycles. The molecule has 0 radical (unpaired) electrons. The number of likely N-dealkylation sites (tertiary alicyclic amines) is 1. The monoisotopic (exact) mass is 1060 g/mol. The van der Waals surface area contributed by atoms with Gasteiger partial charge in [-0.15, -0.1) is 0 Å². The van der Waals surface area contributed by atoms with Crippen LogP contribution in [0.1, 0.15) is 40.0 Å². The summed E-state index contributed by atoms with van der Waals surface area (Å²) in [6.07, 6.45) is 2.39. The predicted octanol–water partition coefficient (Wildman–Crippen LogP) is -4.45. The molecule has 290 valence electrons. The van der Waals surface area contributed by atoms with E-state index in [9.17, 15) is 47.9 Å². The molecule has 50 heavy (non-hydrogen) atoms. The van der Waals surface area contributed by atoms with E-state index in [1.54, 1.807) is 20.8 Å². The van der Waals surface area contributed by atoms with Crippen molar-refractivity contribution in [1.29, 1.82) is 0 Å². The Balaban J connectivity index is -0.000000118. The van der Waals surface area contributed by atoms with Gasteiger partial charge in [0.1, 0.15) is 5.70 Å². The number of primary amides is 3. The Morgan fingerprint density at radius 1 is 0.860 bits per heavy atom. The molecule has 1 heterocycles. The normalized spacial score (nSPS) is 13.8. The number of imide groups is 1. The van der Waals surface area contributed by atoms with E-state index >= 15 is 0 Å². The number of hydrogen-bond acceptors (Lipinski definition) is 12. The maximum absolute atomic E-state index is 10.8. The van der Waals surface area contributed by atoms with Gasteiger partial charge in [0.05, 0.1) is 12.5 Å². The summed E-state index contributed by atoms with van der Waals surface area (Å²) >= 11 is 5.30. The van der Waals surface area contributed by atoms with Gasteiger partial charge in [0, 0.05) is 63.9 Å². The molecule has 0 saturated carbocycles. The molecular weight excluding hydrogens is 1010 g/mol. The Morgan fingerprint density at radius 3 is 1.42 bits per heavy atom. The van der Waals surface area contributed by atoms with Gasteiger partial charge in [0.25, 0.3) is 5.91 Å². The molecule has 0 aliphatic carbocycles. The molecule has 0 aromatic rings. The number of carboxylic acid groups (broad SMARTS) is 3. The summed E-state index contributed by atoms with van der Waals surface area (Å²) in [4.78, 5) is 104. The molecule has 3 unspecified atom stereocenters. The third-order valence-corrected chi connectivity index (χ3v) is 4.94. The molecule has 0 spiro atoms. The molecule has 7 amide bonds. The topological polar surface area (TPSA) is 398 Å². The summed E-state index contributed by atoms with van der Waals surface area (Å²) in [5, 5.41) is 28.9. The molecule has 16 N–H and O–H groups in total. The molecule has 0 bridgehead atoms. The fourth-order valence-electron chi connectivity index (χ4n) is 2.54. The minimum Gasteiger partial charge on any atom is -0.478 e. The van der Waals surface area contributed by atoms with Crippen LogP contribution in [-0.2, 0) is 47.9 Å². The van der Waals surface area contributed by atoms with Crippen molar-refractivity contribution in [2.75, 3.05) is 21.1 Å². The largest absolute Gasteiger partial charge is 0.478 e. The number of carbonyl (C=O) groups is 10. The molecule has 3 atom stereocenters.